The van der Waals surface area contributed by atoms with E-state index in [0.717, 1.165) is 25.7 Å². The molecule has 4 heteroatoms. The van der Waals surface area contributed by atoms with Crippen LogP contribution in [0.2, 0.25) is 0 Å². The third-order valence-electron chi connectivity index (χ3n) is 3.27. The second kappa shape index (κ2) is 6.71. The Hall–Kier alpha value is -1.13. The lowest BCUT2D eigenvalue weighted by atomic mass is 10.0. The van der Waals surface area contributed by atoms with Crippen LogP contribution in [0.5, 0.6) is 0 Å². The van der Waals surface area contributed by atoms with Crippen LogP contribution >= 0.6 is 11.3 Å². The van der Waals surface area contributed by atoms with E-state index in [4.69, 9.17) is 5.73 Å². The van der Waals surface area contributed by atoms with E-state index in [9.17, 15) is 0 Å². The van der Waals surface area contributed by atoms with Crippen molar-refractivity contribution >= 4 is 11.3 Å². The van der Waals surface area contributed by atoms with Crippen LogP contribution in [-0.4, -0.2) is 15.8 Å². The van der Waals surface area contributed by atoms with Gasteiger partial charge in [0.15, 0.2) is 0 Å². The minimum Gasteiger partial charge on any atom is -0.328 e. The summed E-state index contributed by atoms with van der Waals surface area (Å²) in [6.45, 7) is 0. The molecule has 0 aromatic carbocycles. The number of hydrogen-bond donors (Lipinski definition) is 1. The fraction of sp³-hybridized carbons (Fsp3) is 0.500. The quantitative estimate of drug-likeness (QED) is 0.834. The van der Waals surface area contributed by atoms with E-state index in [1.54, 1.807) is 0 Å². The van der Waals surface area contributed by atoms with E-state index in [-0.39, 0.29) is 0 Å². The molecule has 18 heavy (non-hydrogen) atoms. The molecule has 2 N–H and O–H groups in total. The highest BCUT2D eigenvalue weighted by atomic mass is 32.1. The zero-order valence-electron chi connectivity index (χ0n) is 10.9. The van der Waals surface area contributed by atoms with Crippen LogP contribution in [0.25, 0.3) is 0 Å². The maximum absolute atomic E-state index is 6.15. The maximum atomic E-state index is 6.15. The molecule has 1 unspecified atom stereocenters. The molecule has 0 fully saturated rings. The van der Waals surface area contributed by atoms with Crippen LogP contribution in [0.3, 0.4) is 0 Å². The standard InChI is InChI=1S/C14H21N3S/c1-17-13(9-10-16-17)8-7-12(15)4-2-5-14-6-3-11-18-14/h3,6,9-12H,2,4-5,7-8,15H2,1H3. The normalized spacial score (nSPS) is 12.8. The van der Waals surface area contributed by atoms with Crippen molar-refractivity contribution in [2.24, 2.45) is 12.8 Å². The molecule has 0 saturated carbocycles. The van der Waals surface area contributed by atoms with Crippen molar-refractivity contribution < 1.29 is 0 Å². The smallest absolute Gasteiger partial charge is 0.0492 e. The second-order valence-corrected chi connectivity index (χ2v) is 5.75. The van der Waals surface area contributed by atoms with Gasteiger partial charge in [-0.3, -0.25) is 4.68 Å². The molecular weight excluding hydrogens is 242 g/mol. The first kappa shape index (κ1) is 13.3. The molecule has 0 aliphatic heterocycles. The van der Waals surface area contributed by atoms with Gasteiger partial charge in [-0.05, 0) is 49.6 Å². The van der Waals surface area contributed by atoms with E-state index in [2.05, 4.69) is 28.7 Å². The van der Waals surface area contributed by atoms with Gasteiger partial charge in [0.05, 0.1) is 0 Å². The van der Waals surface area contributed by atoms with Crippen molar-refractivity contribution in [1.82, 2.24) is 9.78 Å². The number of rotatable bonds is 7. The van der Waals surface area contributed by atoms with Crippen molar-refractivity contribution in [3.05, 3.63) is 40.3 Å². The summed E-state index contributed by atoms with van der Waals surface area (Å²) in [5, 5.41) is 6.30. The first-order chi connectivity index (χ1) is 8.75. The first-order valence-corrected chi connectivity index (χ1v) is 7.38. The Morgan fingerprint density at radius 2 is 2.22 bits per heavy atom. The topological polar surface area (TPSA) is 43.8 Å². The molecule has 1 atom stereocenters. The predicted molar refractivity (Wildman–Crippen MR) is 76.8 cm³/mol. The summed E-state index contributed by atoms with van der Waals surface area (Å²) in [4.78, 5) is 1.47. The van der Waals surface area contributed by atoms with Gasteiger partial charge in [0.2, 0.25) is 0 Å². The lowest BCUT2D eigenvalue weighted by molar-refractivity contribution is 0.535. The van der Waals surface area contributed by atoms with Gasteiger partial charge in [-0.25, -0.2) is 0 Å². The third-order valence-corrected chi connectivity index (χ3v) is 4.21. The average Bonchev–Trinajstić information content (AvgIpc) is 2.98. The van der Waals surface area contributed by atoms with E-state index < -0.39 is 0 Å². The van der Waals surface area contributed by atoms with Gasteiger partial charge in [0, 0.05) is 29.9 Å². The summed E-state index contributed by atoms with van der Waals surface area (Å²) in [7, 11) is 1.98. The van der Waals surface area contributed by atoms with E-state index in [1.165, 1.54) is 17.0 Å². The highest BCUT2D eigenvalue weighted by Crippen LogP contribution is 2.13. The third kappa shape index (κ3) is 3.96. The molecule has 0 aliphatic carbocycles. The molecular formula is C14H21N3S. The average molecular weight is 263 g/mol. The minimum atomic E-state index is 0.305. The van der Waals surface area contributed by atoms with Crippen LogP contribution in [0.4, 0.5) is 0 Å². The SMILES string of the molecule is Cn1nccc1CCC(N)CCCc1cccs1. The zero-order chi connectivity index (χ0) is 12.8. The summed E-state index contributed by atoms with van der Waals surface area (Å²) >= 11 is 1.84. The Balaban J connectivity index is 1.63. The van der Waals surface area contributed by atoms with Crippen LogP contribution in [0.15, 0.2) is 29.8 Å². The van der Waals surface area contributed by atoms with Gasteiger partial charge in [-0.15, -0.1) is 11.3 Å². The van der Waals surface area contributed by atoms with Gasteiger partial charge in [-0.2, -0.15) is 5.10 Å². The number of nitrogens with zero attached hydrogens (tertiary/aromatic N) is 2. The fourth-order valence-electron chi connectivity index (χ4n) is 2.12. The van der Waals surface area contributed by atoms with E-state index in [1.807, 2.05) is 29.3 Å². The molecule has 0 aliphatic rings. The second-order valence-electron chi connectivity index (χ2n) is 4.72. The van der Waals surface area contributed by atoms with Crippen molar-refractivity contribution in [1.29, 1.82) is 0 Å². The Morgan fingerprint density at radius 1 is 1.33 bits per heavy atom. The summed E-state index contributed by atoms with van der Waals surface area (Å²) < 4.78 is 1.93. The van der Waals surface area contributed by atoms with Crippen molar-refractivity contribution in [3.63, 3.8) is 0 Å². The number of aromatic nitrogens is 2. The zero-order valence-corrected chi connectivity index (χ0v) is 11.7. The van der Waals surface area contributed by atoms with Crippen LogP contribution in [-0.2, 0) is 19.9 Å². The summed E-state index contributed by atoms with van der Waals surface area (Å²) in [6.07, 6.45) is 7.37. The Morgan fingerprint density at radius 3 is 2.89 bits per heavy atom. The van der Waals surface area contributed by atoms with Crippen LogP contribution in [0.1, 0.15) is 29.8 Å². The monoisotopic (exact) mass is 263 g/mol. The molecule has 2 aromatic rings. The molecule has 0 radical (unpaired) electrons. The number of hydrogen-bond acceptors (Lipinski definition) is 3. The molecule has 0 bridgehead atoms. The van der Waals surface area contributed by atoms with Gasteiger partial charge >= 0.3 is 0 Å². The maximum Gasteiger partial charge on any atom is 0.0492 e. The van der Waals surface area contributed by atoms with Gasteiger partial charge in [-0.1, -0.05) is 6.07 Å². The molecule has 0 amide bonds. The van der Waals surface area contributed by atoms with Crippen LogP contribution < -0.4 is 5.73 Å². The van der Waals surface area contributed by atoms with Crippen molar-refractivity contribution in [3.8, 4) is 0 Å². The van der Waals surface area contributed by atoms with Crippen molar-refractivity contribution in [2.75, 3.05) is 0 Å². The fourth-order valence-corrected chi connectivity index (χ4v) is 2.87. The molecule has 98 valence electrons. The number of aryl methyl sites for hydroxylation is 3. The highest BCUT2D eigenvalue weighted by Gasteiger charge is 2.05. The van der Waals surface area contributed by atoms with Crippen molar-refractivity contribution in [2.45, 2.75) is 38.1 Å². The first-order valence-electron chi connectivity index (χ1n) is 6.50. The lowest BCUT2D eigenvalue weighted by Crippen LogP contribution is -2.21. The van der Waals surface area contributed by atoms with E-state index >= 15 is 0 Å². The molecule has 2 rings (SSSR count). The number of thiophene rings is 1. The summed E-state index contributed by atoms with van der Waals surface area (Å²) in [5.74, 6) is 0. The lowest BCUT2D eigenvalue weighted by Gasteiger charge is -2.11. The summed E-state index contributed by atoms with van der Waals surface area (Å²) in [6, 6.07) is 6.69. The Labute approximate surface area is 113 Å². The van der Waals surface area contributed by atoms with Gasteiger partial charge in [0.25, 0.3) is 0 Å². The molecule has 3 nitrogen and oxygen atoms in total. The Kier molecular flexibility index (Phi) is 4.96. The largest absolute Gasteiger partial charge is 0.328 e. The molecule has 2 aromatic heterocycles. The molecule has 0 saturated heterocycles. The Bertz CT molecular complexity index is 447. The minimum absolute atomic E-state index is 0.305. The predicted octanol–water partition coefficient (Wildman–Crippen LogP) is 2.76. The van der Waals surface area contributed by atoms with Crippen LogP contribution in [0, 0.1) is 0 Å². The van der Waals surface area contributed by atoms with E-state index in [0.29, 0.717) is 6.04 Å². The number of nitrogens with two attached hydrogens (primary N) is 1. The molecule has 0 spiro atoms. The highest BCUT2D eigenvalue weighted by molar-refractivity contribution is 7.09. The van der Waals surface area contributed by atoms with Gasteiger partial charge < -0.3 is 5.73 Å². The summed E-state index contributed by atoms with van der Waals surface area (Å²) in [5.41, 5.74) is 7.42. The molecule has 2 heterocycles. The van der Waals surface area contributed by atoms with Gasteiger partial charge in [0.1, 0.15) is 0 Å².